The van der Waals surface area contributed by atoms with Gasteiger partial charge in [0.15, 0.2) is 6.04 Å². The Morgan fingerprint density at radius 3 is 3.00 bits per heavy atom. The summed E-state index contributed by atoms with van der Waals surface area (Å²) in [7, 11) is 0. The molecule has 0 saturated heterocycles. The molecule has 2 heterocycles. The molecule has 4 nitrogen and oxygen atoms in total. The van der Waals surface area contributed by atoms with Gasteiger partial charge in [-0.1, -0.05) is 15.9 Å². The number of thiazole rings is 1. The van der Waals surface area contributed by atoms with E-state index in [4.69, 9.17) is 5.11 Å². The minimum absolute atomic E-state index is 0.489. The van der Waals surface area contributed by atoms with Gasteiger partial charge in [-0.25, -0.2) is 9.78 Å². The summed E-state index contributed by atoms with van der Waals surface area (Å²) >= 11 is 6.50. The first-order valence-electron chi connectivity index (χ1n) is 5.55. The fraction of sp³-hybridized carbons (Fsp3) is 0.250. The van der Waals surface area contributed by atoms with Crippen LogP contribution in [-0.2, 0) is 4.79 Å². The number of halogens is 1. The quantitative estimate of drug-likeness (QED) is 0.896. The largest absolute Gasteiger partial charge is 0.480 e. The number of aromatic nitrogens is 1. The highest BCUT2D eigenvalue weighted by Crippen LogP contribution is 2.32. The molecule has 1 atom stereocenters. The predicted molar refractivity (Wildman–Crippen MR) is 82.5 cm³/mol. The van der Waals surface area contributed by atoms with Crippen molar-refractivity contribution in [3.05, 3.63) is 27.2 Å². The number of carbonyl (C=O) groups is 1. The number of aliphatic imine (C=N–C) groups is 1. The SMILES string of the molecule is Cc1cc2sc(C3=NC(C(=O)O)CS3)nc2cc1Br. The van der Waals surface area contributed by atoms with E-state index in [0.717, 1.165) is 30.3 Å². The number of thioether (sulfide) groups is 1. The van der Waals surface area contributed by atoms with Crippen LogP contribution in [0, 0.1) is 6.92 Å². The fourth-order valence-electron chi connectivity index (χ4n) is 1.76. The van der Waals surface area contributed by atoms with Crippen LogP contribution in [0.25, 0.3) is 10.2 Å². The van der Waals surface area contributed by atoms with E-state index in [1.54, 1.807) is 11.3 Å². The first-order valence-corrected chi connectivity index (χ1v) is 8.14. The van der Waals surface area contributed by atoms with Gasteiger partial charge >= 0.3 is 5.97 Å². The molecule has 0 bridgehead atoms. The zero-order chi connectivity index (χ0) is 13.6. The summed E-state index contributed by atoms with van der Waals surface area (Å²) < 4.78 is 2.12. The Labute approximate surface area is 126 Å². The molecule has 1 aromatic heterocycles. The van der Waals surface area contributed by atoms with Gasteiger partial charge < -0.3 is 5.11 Å². The summed E-state index contributed by atoms with van der Waals surface area (Å²) in [6, 6.07) is 3.43. The molecule has 0 fully saturated rings. The number of hydrogen-bond acceptors (Lipinski definition) is 5. The molecule has 1 unspecified atom stereocenters. The molecule has 1 N–H and O–H groups in total. The van der Waals surface area contributed by atoms with Crippen molar-refractivity contribution in [1.29, 1.82) is 0 Å². The van der Waals surface area contributed by atoms with Gasteiger partial charge in [0.25, 0.3) is 0 Å². The Morgan fingerprint density at radius 1 is 1.53 bits per heavy atom. The highest BCUT2D eigenvalue weighted by atomic mass is 79.9. The molecule has 1 aliphatic heterocycles. The molecule has 19 heavy (non-hydrogen) atoms. The van der Waals surface area contributed by atoms with Crippen LogP contribution < -0.4 is 0 Å². The lowest BCUT2D eigenvalue weighted by molar-refractivity contribution is -0.137. The van der Waals surface area contributed by atoms with Crippen molar-refractivity contribution in [3.8, 4) is 0 Å². The summed E-state index contributed by atoms with van der Waals surface area (Å²) in [6.45, 7) is 2.03. The first kappa shape index (κ1) is 13.1. The molecular weight excluding hydrogens is 348 g/mol. The van der Waals surface area contributed by atoms with E-state index in [-0.39, 0.29) is 0 Å². The maximum absolute atomic E-state index is 10.9. The van der Waals surface area contributed by atoms with Gasteiger partial charge in [0.1, 0.15) is 10.1 Å². The van der Waals surface area contributed by atoms with Gasteiger partial charge in [0.05, 0.1) is 10.2 Å². The minimum Gasteiger partial charge on any atom is -0.480 e. The van der Waals surface area contributed by atoms with E-state index in [1.807, 2.05) is 13.0 Å². The van der Waals surface area contributed by atoms with Crippen LogP contribution in [0.2, 0.25) is 0 Å². The van der Waals surface area contributed by atoms with Gasteiger partial charge in [-0.3, -0.25) is 4.99 Å². The zero-order valence-electron chi connectivity index (χ0n) is 9.88. The average molecular weight is 357 g/mol. The Bertz CT molecular complexity index is 672. The molecule has 3 rings (SSSR count). The van der Waals surface area contributed by atoms with Gasteiger partial charge in [0.2, 0.25) is 0 Å². The second kappa shape index (κ2) is 4.88. The van der Waals surface area contributed by atoms with E-state index >= 15 is 0 Å². The molecular formula is C12H9BrN2O2S2. The lowest BCUT2D eigenvalue weighted by atomic mass is 10.2. The number of rotatable bonds is 2. The van der Waals surface area contributed by atoms with Gasteiger partial charge in [0, 0.05) is 10.2 Å². The van der Waals surface area contributed by atoms with Crippen LogP contribution >= 0.6 is 39.0 Å². The van der Waals surface area contributed by atoms with Crippen LogP contribution in [-0.4, -0.2) is 32.9 Å². The second-order valence-electron chi connectivity index (χ2n) is 4.19. The van der Waals surface area contributed by atoms with Crippen molar-refractivity contribution >= 4 is 60.3 Å². The number of benzene rings is 1. The number of carboxylic acids is 1. The molecule has 0 radical (unpaired) electrons. The highest BCUT2D eigenvalue weighted by Gasteiger charge is 2.26. The van der Waals surface area contributed by atoms with Gasteiger partial charge in [-0.2, -0.15) is 0 Å². The summed E-state index contributed by atoms with van der Waals surface area (Å²) in [6.07, 6.45) is 0. The smallest absolute Gasteiger partial charge is 0.329 e. The van der Waals surface area contributed by atoms with Crippen molar-refractivity contribution in [2.24, 2.45) is 4.99 Å². The maximum atomic E-state index is 10.9. The Balaban J connectivity index is 2.03. The van der Waals surface area contributed by atoms with Crippen LogP contribution in [0.15, 0.2) is 21.6 Å². The third kappa shape index (κ3) is 2.42. The molecule has 0 amide bonds. The number of fused-ring (bicyclic) bond motifs is 1. The lowest BCUT2D eigenvalue weighted by Gasteiger charge is -1.95. The predicted octanol–water partition coefficient (Wildman–Crippen LogP) is 3.31. The van der Waals surface area contributed by atoms with E-state index in [2.05, 4.69) is 32.0 Å². The van der Waals surface area contributed by atoms with Crippen molar-refractivity contribution in [1.82, 2.24) is 4.98 Å². The minimum atomic E-state index is -0.873. The van der Waals surface area contributed by atoms with E-state index in [0.29, 0.717) is 5.75 Å². The molecule has 7 heteroatoms. The van der Waals surface area contributed by atoms with Gasteiger partial charge in [-0.15, -0.1) is 23.1 Å². The van der Waals surface area contributed by atoms with Crippen LogP contribution in [0.5, 0.6) is 0 Å². The maximum Gasteiger partial charge on any atom is 0.329 e. The van der Waals surface area contributed by atoms with E-state index < -0.39 is 12.0 Å². The van der Waals surface area contributed by atoms with Crippen molar-refractivity contribution in [2.45, 2.75) is 13.0 Å². The summed E-state index contributed by atoms with van der Waals surface area (Å²) in [5.74, 6) is -0.384. The molecule has 98 valence electrons. The Morgan fingerprint density at radius 2 is 2.32 bits per heavy atom. The van der Waals surface area contributed by atoms with Crippen molar-refractivity contribution < 1.29 is 9.90 Å². The van der Waals surface area contributed by atoms with E-state index in [1.165, 1.54) is 11.8 Å². The fourth-order valence-corrected chi connectivity index (χ4v) is 4.23. The molecule has 1 aliphatic rings. The molecule has 0 aliphatic carbocycles. The first-order chi connectivity index (χ1) is 9.04. The highest BCUT2D eigenvalue weighted by molar-refractivity contribution is 9.10. The van der Waals surface area contributed by atoms with Crippen LogP contribution in [0.1, 0.15) is 10.6 Å². The molecule has 0 spiro atoms. The third-order valence-electron chi connectivity index (χ3n) is 2.79. The number of hydrogen-bond donors (Lipinski definition) is 1. The number of nitrogens with zero attached hydrogens (tertiary/aromatic N) is 2. The van der Waals surface area contributed by atoms with Gasteiger partial charge in [-0.05, 0) is 24.6 Å². The normalized spacial score (nSPS) is 18.8. The lowest BCUT2D eigenvalue weighted by Crippen LogP contribution is -2.17. The Hall–Kier alpha value is -0.920. The molecule has 2 aromatic rings. The van der Waals surface area contributed by atoms with Crippen LogP contribution in [0.4, 0.5) is 0 Å². The Kier molecular flexibility index (Phi) is 3.36. The molecule has 1 aromatic carbocycles. The number of aryl methyl sites for hydroxylation is 1. The standard InChI is InChI=1S/C12H9BrN2O2S2/c1-5-2-9-7(3-6(5)13)14-11(19-9)10-15-8(4-18-10)12(16)17/h2-3,8H,4H2,1H3,(H,16,17). The molecule has 0 saturated carbocycles. The van der Waals surface area contributed by atoms with E-state index in [9.17, 15) is 4.79 Å². The monoisotopic (exact) mass is 356 g/mol. The number of carboxylic acid groups (broad SMARTS) is 1. The topological polar surface area (TPSA) is 62.5 Å². The van der Waals surface area contributed by atoms with Crippen molar-refractivity contribution in [3.63, 3.8) is 0 Å². The zero-order valence-corrected chi connectivity index (χ0v) is 13.1. The van der Waals surface area contributed by atoms with Crippen molar-refractivity contribution in [2.75, 3.05) is 5.75 Å². The summed E-state index contributed by atoms with van der Waals surface area (Å²) in [5.41, 5.74) is 2.08. The average Bonchev–Trinajstić information content (AvgIpc) is 2.95. The van der Waals surface area contributed by atoms with Crippen LogP contribution in [0.3, 0.4) is 0 Å². The third-order valence-corrected chi connectivity index (χ3v) is 5.85. The second-order valence-corrected chi connectivity index (χ2v) is 7.08. The summed E-state index contributed by atoms with van der Waals surface area (Å²) in [4.78, 5) is 19.6. The summed E-state index contributed by atoms with van der Waals surface area (Å²) in [5, 5.41) is 10.5. The number of aliphatic carboxylic acids is 1.